The zero-order chi connectivity index (χ0) is 15.5. The highest BCUT2D eigenvalue weighted by Crippen LogP contribution is 2.33. The van der Waals surface area contributed by atoms with Gasteiger partial charge >= 0.3 is 5.97 Å². The number of sulfone groups is 1. The van der Waals surface area contributed by atoms with E-state index in [1.165, 1.54) is 0 Å². The van der Waals surface area contributed by atoms with Gasteiger partial charge in [0.15, 0.2) is 9.84 Å². The molecule has 0 unspecified atom stereocenters. The number of hydrogen-bond acceptors (Lipinski definition) is 5. The number of alkyl halides is 2. The molecular weight excluding hydrogens is 292 g/mol. The Bertz CT molecular complexity index is 614. The maximum Gasteiger partial charge on any atom is 0.340 e. The summed E-state index contributed by atoms with van der Waals surface area (Å²) in [4.78, 5) is 11.2. The third-order valence-corrected chi connectivity index (χ3v) is 3.65. The van der Waals surface area contributed by atoms with Gasteiger partial charge in [-0.1, -0.05) is 6.92 Å². The van der Waals surface area contributed by atoms with Gasteiger partial charge in [-0.2, -0.15) is 0 Å². The average Bonchev–Trinajstić information content (AvgIpc) is 2.33. The van der Waals surface area contributed by atoms with Gasteiger partial charge in [-0.3, -0.25) is 0 Å². The molecule has 8 heteroatoms. The molecule has 0 aliphatic carbocycles. The van der Waals surface area contributed by atoms with E-state index >= 15 is 0 Å². The number of carbonyl (C=O) groups excluding carboxylic acids is 1. The van der Waals surface area contributed by atoms with E-state index in [0.29, 0.717) is 6.42 Å². The summed E-state index contributed by atoms with van der Waals surface area (Å²) in [7, 11) is -3.92. The predicted octanol–water partition coefficient (Wildman–Crippen LogP) is 2.18. The molecule has 0 saturated carbocycles. The van der Waals surface area contributed by atoms with Crippen LogP contribution in [0.4, 0.5) is 14.5 Å². The molecule has 0 atom stereocenters. The Hall–Kier alpha value is -1.70. The number of esters is 1. The highest BCUT2D eigenvalue weighted by molar-refractivity contribution is 7.90. The Labute approximate surface area is 115 Å². The maximum absolute atomic E-state index is 13.2. The number of rotatable bonds is 5. The van der Waals surface area contributed by atoms with Gasteiger partial charge in [0.25, 0.3) is 6.43 Å². The van der Waals surface area contributed by atoms with E-state index in [1.807, 2.05) is 0 Å². The lowest BCUT2D eigenvalue weighted by atomic mass is 10.1. The molecule has 0 aromatic heterocycles. The van der Waals surface area contributed by atoms with Crippen molar-refractivity contribution in [1.29, 1.82) is 0 Å². The SMILES string of the molecule is CCCOC(=O)c1c(N)ccc(S(C)(=O)=O)c1C(F)F. The Morgan fingerprint density at radius 2 is 2.00 bits per heavy atom. The number of nitrogens with two attached hydrogens (primary N) is 1. The van der Waals surface area contributed by atoms with Crippen LogP contribution in [0.5, 0.6) is 0 Å². The van der Waals surface area contributed by atoms with Crippen LogP contribution in [0.15, 0.2) is 17.0 Å². The lowest BCUT2D eigenvalue weighted by molar-refractivity contribution is 0.0494. The molecule has 0 heterocycles. The number of halogens is 2. The number of anilines is 1. The molecular formula is C12H15F2NO4S. The number of hydrogen-bond donors (Lipinski definition) is 1. The maximum atomic E-state index is 13.2. The molecule has 0 amide bonds. The predicted molar refractivity (Wildman–Crippen MR) is 69.5 cm³/mol. The van der Waals surface area contributed by atoms with Crippen LogP contribution >= 0.6 is 0 Å². The van der Waals surface area contributed by atoms with Gasteiger partial charge in [0, 0.05) is 11.9 Å². The summed E-state index contributed by atoms with van der Waals surface area (Å²) in [6.45, 7) is 1.77. The van der Waals surface area contributed by atoms with Gasteiger partial charge in [0.05, 0.1) is 22.6 Å². The van der Waals surface area contributed by atoms with Crippen molar-refractivity contribution in [2.75, 3.05) is 18.6 Å². The molecule has 0 radical (unpaired) electrons. The van der Waals surface area contributed by atoms with Crippen molar-refractivity contribution in [3.05, 3.63) is 23.3 Å². The van der Waals surface area contributed by atoms with E-state index in [1.54, 1.807) is 6.92 Å². The lowest BCUT2D eigenvalue weighted by Gasteiger charge is -2.14. The minimum Gasteiger partial charge on any atom is -0.462 e. The highest BCUT2D eigenvalue weighted by Gasteiger charge is 2.29. The molecule has 0 aliphatic rings. The second-order valence-electron chi connectivity index (χ2n) is 4.15. The molecule has 0 fully saturated rings. The smallest absolute Gasteiger partial charge is 0.340 e. The van der Waals surface area contributed by atoms with Crippen molar-refractivity contribution in [3.63, 3.8) is 0 Å². The third-order valence-electron chi connectivity index (χ3n) is 2.50. The largest absolute Gasteiger partial charge is 0.462 e. The number of carbonyl (C=O) groups is 1. The first-order valence-electron chi connectivity index (χ1n) is 5.77. The molecule has 1 aromatic rings. The normalized spacial score (nSPS) is 11.7. The zero-order valence-electron chi connectivity index (χ0n) is 11.0. The fourth-order valence-corrected chi connectivity index (χ4v) is 2.56. The first-order chi connectivity index (χ1) is 9.20. The molecule has 2 N–H and O–H groups in total. The van der Waals surface area contributed by atoms with E-state index in [2.05, 4.69) is 0 Å². The van der Waals surface area contributed by atoms with Crippen molar-refractivity contribution < 1.29 is 26.7 Å². The monoisotopic (exact) mass is 307 g/mol. The summed E-state index contributed by atoms with van der Waals surface area (Å²) < 4.78 is 54.1. The van der Waals surface area contributed by atoms with Crippen LogP contribution in [0.2, 0.25) is 0 Å². The summed E-state index contributed by atoms with van der Waals surface area (Å²) in [6, 6.07) is 2.06. The average molecular weight is 307 g/mol. The number of ether oxygens (including phenoxy) is 1. The Morgan fingerprint density at radius 1 is 1.40 bits per heavy atom. The van der Waals surface area contributed by atoms with Crippen LogP contribution < -0.4 is 5.73 Å². The van der Waals surface area contributed by atoms with Gasteiger partial charge in [0.1, 0.15) is 0 Å². The Balaban J connectivity index is 3.53. The Kier molecular flexibility index (Phi) is 5.04. The van der Waals surface area contributed by atoms with Crippen LogP contribution in [0.3, 0.4) is 0 Å². The summed E-state index contributed by atoms with van der Waals surface area (Å²) >= 11 is 0. The van der Waals surface area contributed by atoms with Gasteiger partial charge < -0.3 is 10.5 Å². The molecule has 112 valence electrons. The van der Waals surface area contributed by atoms with Gasteiger partial charge in [0.2, 0.25) is 0 Å². The number of nitrogen functional groups attached to an aromatic ring is 1. The number of benzene rings is 1. The highest BCUT2D eigenvalue weighted by atomic mass is 32.2. The van der Waals surface area contributed by atoms with E-state index in [0.717, 1.165) is 18.4 Å². The molecule has 1 rings (SSSR count). The first kappa shape index (κ1) is 16.4. The Morgan fingerprint density at radius 3 is 2.45 bits per heavy atom. The third kappa shape index (κ3) is 3.44. The molecule has 0 saturated heterocycles. The van der Waals surface area contributed by atoms with E-state index in [9.17, 15) is 22.0 Å². The summed E-state index contributed by atoms with van der Waals surface area (Å²) in [5.41, 5.74) is 3.78. The second-order valence-corrected chi connectivity index (χ2v) is 6.13. The summed E-state index contributed by atoms with van der Waals surface area (Å²) in [5, 5.41) is 0. The van der Waals surface area contributed by atoms with Gasteiger partial charge in [-0.25, -0.2) is 22.0 Å². The molecule has 0 bridgehead atoms. The van der Waals surface area contributed by atoms with Crippen LogP contribution in [0.25, 0.3) is 0 Å². The topological polar surface area (TPSA) is 86.5 Å². The van der Waals surface area contributed by atoms with E-state index in [4.69, 9.17) is 10.5 Å². The molecule has 0 aliphatic heterocycles. The first-order valence-corrected chi connectivity index (χ1v) is 7.67. The van der Waals surface area contributed by atoms with E-state index < -0.39 is 38.3 Å². The van der Waals surface area contributed by atoms with Crippen LogP contribution in [0, 0.1) is 0 Å². The lowest BCUT2D eigenvalue weighted by Crippen LogP contribution is -2.15. The minimum atomic E-state index is -3.92. The fourth-order valence-electron chi connectivity index (χ4n) is 1.65. The van der Waals surface area contributed by atoms with Crippen molar-refractivity contribution in [2.45, 2.75) is 24.7 Å². The molecule has 20 heavy (non-hydrogen) atoms. The zero-order valence-corrected chi connectivity index (χ0v) is 11.8. The fraction of sp³-hybridized carbons (Fsp3) is 0.417. The standard InChI is InChI=1S/C12H15F2NO4S/c1-3-6-19-12(16)9-7(15)4-5-8(20(2,17)18)10(9)11(13)14/h4-5,11H,3,6,15H2,1-2H3. The van der Waals surface area contributed by atoms with Gasteiger partial charge in [-0.05, 0) is 18.6 Å². The quantitative estimate of drug-likeness (QED) is 0.665. The van der Waals surface area contributed by atoms with Crippen LogP contribution in [-0.4, -0.2) is 27.2 Å². The molecule has 5 nitrogen and oxygen atoms in total. The van der Waals surface area contributed by atoms with Crippen molar-refractivity contribution in [2.24, 2.45) is 0 Å². The molecule has 0 spiro atoms. The van der Waals surface area contributed by atoms with Crippen LogP contribution in [-0.2, 0) is 14.6 Å². The van der Waals surface area contributed by atoms with E-state index in [-0.39, 0.29) is 12.3 Å². The minimum absolute atomic E-state index is 0.0318. The van der Waals surface area contributed by atoms with Gasteiger partial charge in [-0.15, -0.1) is 0 Å². The van der Waals surface area contributed by atoms with Crippen molar-refractivity contribution >= 4 is 21.5 Å². The summed E-state index contributed by atoms with van der Waals surface area (Å²) in [6.07, 6.45) is -1.88. The second kappa shape index (κ2) is 6.17. The van der Waals surface area contributed by atoms with Crippen molar-refractivity contribution in [3.8, 4) is 0 Å². The van der Waals surface area contributed by atoms with Crippen LogP contribution in [0.1, 0.15) is 35.7 Å². The van der Waals surface area contributed by atoms with Crippen molar-refractivity contribution in [1.82, 2.24) is 0 Å². The summed E-state index contributed by atoms with van der Waals surface area (Å²) in [5.74, 6) is -1.05. The molecule has 1 aromatic carbocycles.